The third-order valence-electron chi connectivity index (χ3n) is 5.42. The van der Waals surface area contributed by atoms with Crippen molar-refractivity contribution in [1.82, 2.24) is 0 Å². The fourth-order valence-corrected chi connectivity index (χ4v) is 3.94. The Morgan fingerprint density at radius 3 is 2.29 bits per heavy atom. The van der Waals surface area contributed by atoms with Crippen molar-refractivity contribution in [2.45, 2.75) is 58.3 Å². The van der Waals surface area contributed by atoms with Gasteiger partial charge in [-0.05, 0) is 79.7 Å². The van der Waals surface area contributed by atoms with E-state index < -0.39 is 0 Å². The molecule has 2 aromatic carbocycles. The summed E-state index contributed by atoms with van der Waals surface area (Å²) in [7, 11) is 0. The SMILES string of the molecule is CCCc1ccc(OCC2CCC(c3ccccc3C)CC2)cc1. The minimum absolute atomic E-state index is 0.709. The Morgan fingerprint density at radius 2 is 1.62 bits per heavy atom. The number of hydrogen-bond donors (Lipinski definition) is 0. The quantitative estimate of drug-likeness (QED) is 0.606. The Labute approximate surface area is 147 Å². The van der Waals surface area contributed by atoms with E-state index in [4.69, 9.17) is 4.74 Å². The molecule has 0 heterocycles. The van der Waals surface area contributed by atoms with Crippen LogP contribution in [-0.4, -0.2) is 6.61 Å². The van der Waals surface area contributed by atoms with Gasteiger partial charge in [0.05, 0.1) is 6.61 Å². The van der Waals surface area contributed by atoms with Crippen LogP contribution < -0.4 is 4.74 Å². The van der Waals surface area contributed by atoms with Gasteiger partial charge in [0.15, 0.2) is 0 Å². The first-order valence-corrected chi connectivity index (χ1v) is 9.53. The Kier molecular flexibility index (Phi) is 5.96. The first-order valence-electron chi connectivity index (χ1n) is 9.53. The highest BCUT2D eigenvalue weighted by molar-refractivity contribution is 5.29. The number of rotatable bonds is 6. The Balaban J connectivity index is 1.46. The van der Waals surface area contributed by atoms with Crippen LogP contribution >= 0.6 is 0 Å². The summed E-state index contributed by atoms with van der Waals surface area (Å²) in [4.78, 5) is 0. The lowest BCUT2D eigenvalue weighted by molar-refractivity contribution is 0.200. The van der Waals surface area contributed by atoms with Crippen LogP contribution in [0.5, 0.6) is 5.75 Å². The standard InChI is InChI=1S/C23H30O/c1-3-6-19-11-15-22(16-12-19)24-17-20-9-13-21(14-10-20)23-8-5-4-7-18(23)2/h4-5,7-8,11-12,15-16,20-21H,3,6,9-10,13-14,17H2,1-2H3. The molecule has 0 saturated heterocycles. The molecule has 3 rings (SSSR count). The lowest BCUT2D eigenvalue weighted by Gasteiger charge is -2.29. The zero-order valence-electron chi connectivity index (χ0n) is 15.1. The lowest BCUT2D eigenvalue weighted by Crippen LogP contribution is -2.19. The van der Waals surface area contributed by atoms with Crippen molar-refractivity contribution in [3.8, 4) is 5.75 Å². The van der Waals surface area contributed by atoms with Gasteiger partial charge in [-0.25, -0.2) is 0 Å². The maximum atomic E-state index is 6.04. The maximum absolute atomic E-state index is 6.04. The van der Waals surface area contributed by atoms with Gasteiger partial charge in [-0.15, -0.1) is 0 Å². The second-order valence-corrected chi connectivity index (χ2v) is 7.28. The van der Waals surface area contributed by atoms with Crippen LogP contribution in [0.25, 0.3) is 0 Å². The second-order valence-electron chi connectivity index (χ2n) is 7.28. The Bertz CT molecular complexity index is 621. The largest absolute Gasteiger partial charge is 0.493 e. The van der Waals surface area contributed by atoms with Crippen molar-refractivity contribution in [3.63, 3.8) is 0 Å². The van der Waals surface area contributed by atoms with Gasteiger partial charge in [-0.3, -0.25) is 0 Å². The topological polar surface area (TPSA) is 9.23 Å². The molecule has 0 amide bonds. The van der Waals surface area contributed by atoms with Gasteiger partial charge in [0.2, 0.25) is 0 Å². The van der Waals surface area contributed by atoms with E-state index >= 15 is 0 Å². The van der Waals surface area contributed by atoms with Crippen LogP contribution in [-0.2, 0) is 6.42 Å². The van der Waals surface area contributed by atoms with E-state index in [1.807, 2.05) is 0 Å². The molecule has 1 heteroatoms. The molecule has 2 aromatic rings. The normalized spacial score (nSPS) is 20.8. The van der Waals surface area contributed by atoms with Crippen molar-refractivity contribution in [2.24, 2.45) is 5.92 Å². The van der Waals surface area contributed by atoms with Crippen LogP contribution in [0.4, 0.5) is 0 Å². The molecule has 0 N–H and O–H groups in total. The number of benzene rings is 2. The van der Waals surface area contributed by atoms with E-state index in [2.05, 4.69) is 62.4 Å². The molecule has 24 heavy (non-hydrogen) atoms. The summed E-state index contributed by atoms with van der Waals surface area (Å²) in [5.41, 5.74) is 4.41. The maximum Gasteiger partial charge on any atom is 0.119 e. The van der Waals surface area contributed by atoms with Gasteiger partial charge in [-0.2, -0.15) is 0 Å². The number of ether oxygens (including phenoxy) is 1. The van der Waals surface area contributed by atoms with Gasteiger partial charge in [0.1, 0.15) is 5.75 Å². The fraction of sp³-hybridized carbons (Fsp3) is 0.478. The van der Waals surface area contributed by atoms with Gasteiger partial charge >= 0.3 is 0 Å². The van der Waals surface area contributed by atoms with Gasteiger partial charge in [0.25, 0.3) is 0 Å². The predicted molar refractivity (Wildman–Crippen MR) is 102 cm³/mol. The molecule has 0 bridgehead atoms. The van der Waals surface area contributed by atoms with Gasteiger partial charge in [-0.1, -0.05) is 49.7 Å². The highest BCUT2D eigenvalue weighted by atomic mass is 16.5. The zero-order valence-corrected chi connectivity index (χ0v) is 15.1. The summed E-state index contributed by atoms with van der Waals surface area (Å²) < 4.78 is 6.04. The fourth-order valence-electron chi connectivity index (χ4n) is 3.94. The molecule has 0 aromatic heterocycles. The minimum atomic E-state index is 0.709. The van der Waals surface area contributed by atoms with E-state index in [1.54, 1.807) is 5.56 Å². The van der Waals surface area contributed by atoms with Crippen LogP contribution in [0, 0.1) is 12.8 Å². The summed E-state index contributed by atoms with van der Waals surface area (Å²) in [6, 6.07) is 17.5. The summed E-state index contributed by atoms with van der Waals surface area (Å²) >= 11 is 0. The number of hydrogen-bond acceptors (Lipinski definition) is 1. The van der Waals surface area contributed by atoms with E-state index in [0.717, 1.165) is 24.7 Å². The van der Waals surface area contributed by atoms with Crippen LogP contribution in [0.2, 0.25) is 0 Å². The van der Waals surface area contributed by atoms with Crippen molar-refractivity contribution < 1.29 is 4.74 Å². The van der Waals surface area contributed by atoms with Gasteiger partial charge in [0, 0.05) is 0 Å². The average Bonchev–Trinajstić information content (AvgIpc) is 2.62. The van der Waals surface area contributed by atoms with Crippen molar-refractivity contribution >= 4 is 0 Å². The molecule has 1 aliphatic carbocycles. The highest BCUT2D eigenvalue weighted by Gasteiger charge is 2.23. The highest BCUT2D eigenvalue weighted by Crippen LogP contribution is 2.37. The molecule has 1 nitrogen and oxygen atoms in total. The van der Waals surface area contributed by atoms with E-state index in [-0.39, 0.29) is 0 Å². The summed E-state index contributed by atoms with van der Waals surface area (Å²) in [5, 5.41) is 0. The first-order chi connectivity index (χ1) is 11.8. The molecule has 128 valence electrons. The Hall–Kier alpha value is -1.76. The monoisotopic (exact) mass is 322 g/mol. The van der Waals surface area contributed by atoms with Crippen molar-refractivity contribution in [1.29, 1.82) is 0 Å². The molecule has 0 aliphatic heterocycles. The molecule has 1 saturated carbocycles. The molecule has 1 fully saturated rings. The molecule has 0 atom stereocenters. The smallest absolute Gasteiger partial charge is 0.119 e. The lowest BCUT2D eigenvalue weighted by atomic mass is 9.78. The molecular formula is C23H30O. The van der Waals surface area contributed by atoms with Gasteiger partial charge < -0.3 is 4.74 Å². The molecule has 0 spiro atoms. The molecule has 1 aliphatic rings. The number of aryl methyl sites for hydroxylation is 2. The van der Waals surface area contributed by atoms with Crippen molar-refractivity contribution in [2.75, 3.05) is 6.61 Å². The summed E-state index contributed by atoms with van der Waals surface area (Å²) in [5.74, 6) is 2.48. The Morgan fingerprint density at radius 1 is 0.917 bits per heavy atom. The second kappa shape index (κ2) is 8.37. The minimum Gasteiger partial charge on any atom is -0.493 e. The van der Waals surface area contributed by atoms with Crippen molar-refractivity contribution in [3.05, 3.63) is 65.2 Å². The van der Waals surface area contributed by atoms with Crippen LogP contribution in [0.3, 0.4) is 0 Å². The zero-order chi connectivity index (χ0) is 16.8. The molecular weight excluding hydrogens is 292 g/mol. The first kappa shape index (κ1) is 17.1. The van der Waals surface area contributed by atoms with Crippen LogP contribution in [0.1, 0.15) is 61.6 Å². The summed E-state index contributed by atoms with van der Waals surface area (Å²) in [6.07, 6.45) is 7.52. The molecule has 0 unspecified atom stereocenters. The van der Waals surface area contributed by atoms with E-state index in [1.165, 1.54) is 43.2 Å². The average molecular weight is 322 g/mol. The molecule has 0 radical (unpaired) electrons. The third-order valence-corrected chi connectivity index (χ3v) is 5.42. The van der Waals surface area contributed by atoms with E-state index in [0.29, 0.717) is 5.92 Å². The third kappa shape index (κ3) is 4.41. The van der Waals surface area contributed by atoms with E-state index in [9.17, 15) is 0 Å². The predicted octanol–water partition coefficient (Wildman–Crippen LogP) is 6.30. The summed E-state index contributed by atoms with van der Waals surface area (Å²) in [6.45, 7) is 5.33. The van der Waals surface area contributed by atoms with Crippen LogP contribution in [0.15, 0.2) is 48.5 Å².